The number of ether oxygens (including phenoxy) is 1. The van der Waals surface area contributed by atoms with Gasteiger partial charge >= 0.3 is 5.97 Å². The smallest absolute Gasteiger partial charge is 0.309 e. The van der Waals surface area contributed by atoms with Gasteiger partial charge in [0.15, 0.2) is 0 Å². The molecule has 138 valence electrons. The molecular formula is C21H21N3O3. The van der Waals surface area contributed by atoms with Gasteiger partial charge in [-0.1, -0.05) is 37.3 Å². The Bertz CT molecular complexity index is 931. The van der Waals surface area contributed by atoms with Crippen LogP contribution in [0, 0.1) is 0 Å². The molecule has 0 aliphatic rings. The molecule has 1 N–H and O–H groups in total. The lowest BCUT2D eigenvalue weighted by Crippen LogP contribution is -2.14. The highest BCUT2D eigenvalue weighted by atomic mass is 16.5. The quantitative estimate of drug-likeness (QED) is 0.681. The van der Waals surface area contributed by atoms with Crippen LogP contribution < -0.4 is 5.32 Å². The van der Waals surface area contributed by atoms with Crippen molar-refractivity contribution in [1.29, 1.82) is 0 Å². The van der Waals surface area contributed by atoms with E-state index < -0.39 is 0 Å². The van der Waals surface area contributed by atoms with Crippen LogP contribution in [0.5, 0.6) is 0 Å². The van der Waals surface area contributed by atoms with Gasteiger partial charge in [0, 0.05) is 5.69 Å². The number of hydrogen-bond donors (Lipinski definition) is 1. The van der Waals surface area contributed by atoms with Crippen LogP contribution in [-0.4, -0.2) is 28.8 Å². The van der Waals surface area contributed by atoms with E-state index in [1.165, 1.54) is 7.11 Å². The average molecular weight is 363 g/mol. The van der Waals surface area contributed by atoms with E-state index in [4.69, 9.17) is 0 Å². The summed E-state index contributed by atoms with van der Waals surface area (Å²) in [6, 6.07) is 16.8. The first-order chi connectivity index (χ1) is 13.1. The highest BCUT2D eigenvalue weighted by Gasteiger charge is 2.17. The Labute approximate surface area is 157 Å². The Morgan fingerprint density at radius 2 is 1.78 bits per heavy atom. The third kappa shape index (κ3) is 4.23. The topological polar surface area (TPSA) is 73.2 Å². The van der Waals surface area contributed by atoms with E-state index in [2.05, 4.69) is 15.2 Å². The maximum atomic E-state index is 12.7. The standard InChI is InChI=1S/C21H21N3O3/c1-3-19-18(14-22-24(19)17-7-5-4-6-8-17)21(26)23-16-11-9-15(10-12-16)13-20(25)27-2/h4-12,14H,3,13H2,1-2H3,(H,23,26). The molecule has 6 nitrogen and oxygen atoms in total. The summed E-state index contributed by atoms with van der Waals surface area (Å²) in [4.78, 5) is 24.0. The molecule has 0 aliphatic carbocycles. The number of carbonyl (C=O) groups excluding carboxylic acids is 2. The summed E-state index contributed by atoms with van der Waals surface area (Å²) >= 11 is 0. The number of methoxy groups -OCH3 is 1. The largest absolute Gasteiger partial charge is 0.469 e. The Hall–Kier alpha value is -3.41. The summed E-state index contributed by atoms with van der Waals surface area (Å²) in [6.07, 6.45) is 2.47. The number of aromatic nitrogens is 2. The Kier molecular flexibility index (Phi) is 5.66. The Morgan fingerprint density at radius 1 is 1.07 bits per heavy atom. The van der Waals surface area contributed by atoms with E-state index in [-0.39, 0.29) is 18.3 Å². The van der Waals surface area contributed by atoms with Crippen molar-refractivity contribution >= 4 is 17.6 Å². The van der Waals surface area contributed by atoms with Crippen LogP contribution in [0.3, 0.4) is 0 Å². The molecule has 0 aliphatic heterocycles. The minimum absolute atomic E-state index is 0.203. The predicted molar refractivity (Wildman–Crippen MR) is 103 cm³/mol. The molecule has 1 aromatic heterocycles. The summed E-state index contributed by atoms with van der Waals surface area (Å²) in [5, 5.41) is 7.26. The lowest BCUT2D eigenvalue weighted by molar-refractivity contribution is -0.139. The minimum atomic E-state index is -0.298. The zero-order chi connectivity index (χ0) is 19.2. The van der Waals surface area contributed by atoms with E-state index >= 15 is 0 Å². The molecule has 1 heterocycles. The number of anilines is 1. The van der Waals surface area contributed by atoms with Crippen molar-refractivity contribution in [3.8, 4) is 5.69 Å². The molecule has 0 fully saturated rings. The van der Waals surface area contributed by atoms with Crippen LogP contribution in [-0.2, 0) is 22.4 Å². The summed E-state index contributed by atoms with van der Waals surface area (Å²) in [6.45, 7) is 1.99. The molecule has 6 heteroatoms. The summed E-state index contributed by atoms with van der Waals surface area (Å²) in [7, 11) is 1.36. The van der Waals surface area contributed by atoms with E-state index in [0.29, 0.717) is 17.7 Å². The maximum Gasteiger partial charge on any atom is 0.309 e. The molecule has 0 bridgehead atoms. The van der Waals surface area contributed by atoms with Crippen LogP contribution in [0.15, 0.2) is 60.8 Å². The van der Waals surface area contributed by atoms with Gasteiger partial charge in [-0.3, -0.25) is 9.59 Å². The van der Waals surface area contributed by atoms with Crippen molar-refractivity contribution in [2.45, 2.75) is 19.8 Å². The number of amides is 1. The lowest BCUT2D eigenvalue weighted by Gasteiger charge is -2.09. The maximum absolute atomic E-state index is 12.7. The predicted octanol–water partition coefficient (Wildman–Crippen LogP) is 3.40. The van der Waals surface area contributed by atoms with Gasteiger partial charge in [-0.05, 0) is 36.2 Å². The molecule has 3 aromatic rings. The summed E-state index contributed by atoms with van der Waals surface area (Å²) in [5.74, 6) is -0.512. The van der Waals surface area contributed by atoms with Crippen molar-refractivity contribution in [3.63, 3.8) is 0 Å². The summed E-state index contributed by atoms with van der Waals surface area (Å²) < 4.78 is 6.44. The fraction of sp³-hybridized carbons (Fsp3) is 0.190. The molecular weight excluding hydrogens is 342 g/mol. The molecule has 27 heavy (non-hydrogen) atoms. The molecule has 0 radical (unpaired) electrons. The highest BCUT2D eigenvalue weighted by molar-refractivity contribution is 6.05. The number of nitrogens with zero attached hydrogens (tertiary/aromatic N) is 2. The molecule has 1 amide bonds. The molecule has 0 saturated carbocycles. The van der Waals surface area contributed by atoms with Crippen molar-refractivity contribution in [3.05, 3.63) is 77.6 Å². The average Bonchev–Trinajstić information content (AvgIpc) is 3.14. The molecule has 0 unspecified atom stereocenters. The second kappa shape index (κ2) is 8.31. The first-order valence-electron chi connectivity index (χ1n) is 8.71. The van der Waals surface area contributed by atoms with Gasteiger partial charge in [-0.25, -0.2) is 4.68 Å². The zero-order valence-corrected chi connectivity index (χ0v) is 15.3. The number of esters is 1. The van der Waals surface area contributed by atoms with Gasteiger partial charge in [0.2, 0.25) is 0 Å². The van der Waals surface area contributed by atoms with Gasteiger partial charge in [-0.15, -0.1) is 0 Å². The van der Waals surface area contributed by atoms with Crippen LogP contribution >= 0.6 is 0 Å². The minimum Gasteiger partial charge on any atom is -0.469 e. The van der Waals surface area contributed by atoms with Gasteiger partial charge in [0.05, 0.1) is 36.7 Å². The number of carbonyl (C=O) groups is 2. The molecule has 3 rings (SSSR count). The van der Waals surface area contributed by atoms with Crippen molar-refractivity contribution in [2.24, 2.45) is 0 Å². The van der Waals surface area contributed by atoms with Crippen molar-refractivity contribution < 1.29 is 14.3 Å². The second-order valence-electron chi connectivity index (χ2n) is 6.01. The lowest BCUT2D eigenvalue weighted by atomic mass is 10.1. The van der Waals surface area contributed by atoms with Crippen molar-refractivity contribution in [1.82, 2.24) is 9.78 Å². The van der Waals surface area contributed by atoms with E-state index in [1.54, 1.807) is 35.1 Å². The van der Waals surface area contributed by atoms with Gasteiger partial charge < -0.3 is 10.1 Å². The molecule has 2 aromatic carbocycles. The van der Waals surface area contributed by atoms with Crippen LogP contribution in [0.2, 0.25) is 0 Å². The van der Waals surface area contributed by atoms with Gasteiger partial charge in [0.25, 0.3) is 5.91 Å². The van der Waals surface area contributed by atoms with E-state index in [1.807, 2.05) is 37.3 Å². The van der Waals surface area contributed by atoms with E-state index in [0.717, 1.165) is 16.9 Å². The number of hydrogen-bond acceptors (Lipinski definition) is 4. The van der Waals surface area contributed by atoms with Crippen LogP contribution in [0.1, 0.15) is 28.5 Å². The van der Waals surface area contributed by atoms with E-state index in [9.17, 15) is 9.59 Å². The van der Waals surface area contributed by atoms with Gasteiger partial charge in [0.1, 0.15) is 0 Å². The number of rotatable bonds is 6. The first-order valence-corrected chi connectivity index (χ1v) is 8.71. The third-order valence-corrected chi connectivity index (χ3v) is 4.24. The number of para-hydroxylation sites is 1. The normalized spacial score (nSPS) is 10.4. The first kappa shape index (κ1) is 18.4. The monoisotopic (exact) mass is 363 g/mol. The summed E-state index contributed by atoms with van der Waals surface area (Å²) in [5.41, 5.74) is 3.79. The van der Waals surface area contributed by atoms with Gasteiger partial charge in [-0.2, -0.15) is 5.10 Å². The molecule has 0 saturated heterocycles. The SMILES string of the molecule is CCc1c(C(=O)Nc2ccc(CC(=O)OC)cc2)cnn1-c1ccccc1. The molecule has 0 atom stereocenters. The zero-order valence-electron chi connectivity index (χ0n) is 15.3. The van der Waals surface area contributed by atoms with Crippen LogP contribution in [0.4, 0.5) is 5.69 Å². The van der Waals surface area contributed by atoms with Crippen LogP contribution in [0.25, 0.3) is 5.69 Å². The fourth-order valence-corrected chi connectivity index (χ4v) is 2.84. The number of nitrogens with one attached hydrogen (secondary N) is 1. The van der Waals surface area contributed by atoms with Crippen molar-refractivity contribution in [2.75, 3.05) is 12.4 Å². The third-order valence-electron chi connectivity index (χ3n) is 4.24. The second-order valence-corrected chi connectivity index (χ2v) is 6.01. The molecule has 0 spiro atoms. The number of benzene rings is 2. The Morgan fingerprint density at radius 3 is 2.41 bits per heavy atom. The highest BCUT2D eigenvalue weighted by Crippen LogP contribution is 2.18. The Balaban J connectivity index is 1.77. The fourth-order valence-electron chi connectivity index (χ4n) is 2.84.